The maximum Gasteiger partial charge on any atom is 0.131 e. The van der Waals surface area contributed by atoms with Crippen LogP contribution in [0.5, 0.6) is 0 Å². The molecule has 0 saturated heterocycles. The number of ether oxygens (including phenoxy) is 1. The molecule has 3 aliphatic rings. The summed E-state index contributed by atoms with van der Waals surface area (Å²) in [5.41, 5.74) is 4.38. The minimum Gasteiger partial charge on any atom is -0.461 e. The third-order valence-electron chi connectivity index (χ3n) is 2.68. The lowest BCUT2D eigenvalue weighted by molar-refractivity contribution is 0.316. The Bertz CT molecular complexity index is 452. The molecule has 1 heterocycles. The van der Waals surface area contributed by atoms with E-state index < -0.39 is 0 Å². The molecule has 1 atom stereocenters. The molecular weight excluding hydrogens is 172 g/mol. The van der Waals surface area contributed by atoms with Crippen molar-refractivity contribution in [2.75, 3.05) is 0 Å². The highest BCUT2D eigenvalue weighted by molar-refractivity contribution is 5.45. The van der Waals surface area contributed by atoms with Gasteiger partial charge in [0.2, 0.25) is 0 Å². The van der Waals surface area contributed by atoms with E-state index >= 15 is 0 Å². The van der Waals surface area contributed by atoms with Crippen LogP contribution in [0.1, 0.15) is 6.42 Å². The van der Waals surface area contributed by atoms with Crippen LogP contribution in [-0.2, 0) is 4.74 Å². The molecular formula is C13H10O. The van der Waals surface area contributed by atoms with Gasteiger partial charge < -0.3 is 4.74 Å². The lowest BCUT2D eigenvalue weighted by Gasteiger charge is -2.12. The molecule has 0 aromatic rings. The summed E-state index contributed by atoms with van der Waals surface area (Å²) in [5, 5.41) is 0. The van der Waals surface area contributed by atoms with Crippen molar-refractivity contribution in [3.63, 3.8) is 0 Å². The van der Waals surface area contributed by atoms with Crippen molar-refractivity contribution >= 4 is 0 Å². The Morgan fingerprint density at radius 2 is 2.36 bits per heavy atom. The molecule has 0 aromatic carbocycles. The molecule has 3 rings (SSSR count). The van der Waals surface area contributed by atoms with E-state index in [-0.39, 0.29) is 0 Å². The van der Waals surface area contributed by atoms with Crippen LogP contribution in [0, 0.1) is 5.92 Å². The van der Waals surface area contributed by atoms with Crippen LogP contribution >= 0.6 is 0 Å². The van der Waals surface area contributed by atoms with E-state index in [9.17, 15) is 0 Å². The van der Waals surface area contributed by atoms with Gasteiger partial charge in [0.1, 0.15) is 11.5 Å². The number of hydrogen-bond acceptors (Lipinski definition) is 1. The van der Waals surface area contributed by atoms with E-state index in [1.54, 1.807) is 0 Å². The van der Waals surface area contributed by atoms with Gasteiger partial charge in [0.15, 0.2) is 0 Å². The van der Waals surface area contributed by atoms with E-state index in [2.05, 4.69) is 17.9 Å². The zero-order valence-corrected chi connectivity index (χ0v) is 7.73. The Balaban J connectivity index is 2.09. The molecule has 1 aliphatic heterocycles. The van der Waals surface area contributed by atoms with Gasteiger partial charge in [-0.25, -0.2) is 0 Å². The van der Waals surface area contributed by atoms with Gasteiger partial charge in [-0.3, -0.25) is 0 Å². The number of hydrogen-bond donors (Lipinski definition) is 0. The molecule has 1 heteroatoms. The predicted octanol–water partition coefficient (Wildman–Crippen LogP) is 3.01. The van der Waals surface area contributed by atoms with Gasteiger partial charge in [0, 0.05) is 11.5 Å². The molecule has 1 nitrogen and oxygen atoms in total. The standard InChI is InChI=1S/C13H10O/c1-2-6-10-11-7-4-5-9-13(11)14-12(10)8-3-1/h1,3-6,8-9,11H,7H2. The monoisotopic (exact) mass is 182 g/mol. The second-order valence-corrected chi connectivity index (χ2v) is 3.54. The van der Waals surface area contributed by atoms with Crippen LogP contribution < -0.4 is 0 Å². The summed E-state index contributed by atoms with van der Waals surface area (Å²) in [7, 11) is 0. The second kappa shape index (κ2) is 2.90. The molecule has 1 unspecified atom stereocenters. The van der Waals surface area contributed by atoms with Crippen molar-refractivity contribution < 1.29 is 4.74 Å². The van der Waals surface area contributed by atoms with E-state index in [1.165, 1.54) is 5.57 Å². The molecule has 0 spiro atoms. The maximum atomic E-state index is 5.76. The predicted molar refractivity (Wildman–Crippen MR) is 55.2 cm³/mol. The molecule has 14 heavy (non-hydrogen) atoms. The molecule has 68 valence electrons. The highest BCUT2D eigenvalue weighted by atomic mass is 16.5. The first kappa shape index (κ1) is 7.66. The lowest BCUT2D eigenvalue weighted by atomic mass is 9.92. The average Bonchev–Trinajstić information content (AvgIpc) is 2.42. The maximum absolute atomic E-state index is 5.76. The van der Waals surface area contributed by atoms with Crippen LogP contribution in [0.15, 0.2) is 65.4 Å². The largest absolute Gasteiger partial charge is 0.461 e. The Morgan fingerprint density at radius 3 is 3.36 bits per heavy atom. The first-order valence-electron chi connectivity index (χ1n) is 4.83. The summed E-state index contributed by atoms with van der Waals surface area (Å²) in [6.45, 7) is 0. The third kappa shape index (κ3) is 1.03. The van der Waals surface area contributed by atoms with Crippen LogP contribution in [0.25, 0.3) is 0 Å². The van der Waals surface area contributed by atoms with Crippen molar-refractivity contribution in [1.82, 2.24) is 0 Å². The Hall–Kier alpha value is -1.72. The van der Waals surface area contributed by atoms with Gasteiger partial charge in [-0.05, 0) is 30.7 Å². The lowest BCUT2D eigenvalue weighted by Crippen LogP contribution is -2.02. The Labute approximate surface area is 83.1 Å². The number of allylic oxidation sites excluding steroid dienone is 7. The van der Waals surface area contributed by atoms with Crippen LogP contribution in [0.4, 0.5) is 0 Å². The molecule has 0 N–H and O–H groups in total. The van der Waals surface area contributed by atoms with Crippen LogP contribution in [-0.4, -0.2) is 0 Å². The zero-order chi connectivity index (χ0) is 9.38. The summed E-state index contributed by atoms with van der Waals surface area (Å²) >= 11 is 0. The van der Waals surface area contributed by atoms with Crippen LogP contribution in [0.2, 0.25) is 0 Å². The zero-order valence-electron chi connectivity index (χ0n) is 7.73. The number of rotatable bonds is 0. The molecule has 0 radical (unpaired) electrons. The van der Waals surface area contributed by atoms with Gasteiger partial charge in [-0.15, -0.1) is 5.73 Å². The minimum atomic E-state index is 0.415. The fraction of sp³-hybridized carbons (Fsp3) is 0.154. The summed E-state index contributed by atoms with van der Waals surface area (Å²) in [6.07, 6.45) is 15.2. The highest BCUT2D eigenvalue weighted by Crippen LogP contribution is 2.40. The van der Waals surface area contributed by atoms with E-state index in [4.69, 9.17) is 4.74 Å². The van der Waals surface area contributed by atoms with E-state index in [0.717, 1.165) is 17.9 Å². The van der Waals surface area contributed by atoms with E-state index in [1.807, 2.05) is 30.4 Å². The van der Waals surface area contributed by atoms with Gasteiger partial charge >= 0.3 is 0 Å². The van der Waals surface area contributed by atoms with Gasteiger partial charge in [-0.2, -0.15) is 0 Å². The van der Waals surface area contributed by atoms with Gasteiger partial charge in [-0.1, -0.05) is 18.2 Å². The second-order valence-electron chi connectivity index (χ2n) is 3.54. The summed E-state index contributed by atoms with van der Waals surface area (Å²) in [6, 6.07) is 0. The first-order chi connectivity index (χ1) is 6.95. The number of fused-ring (bicyclic) bond motifs is 2. The van der Waals surface area contributed by atoms with Crippen molar-refractivity contribution in [2.24, 2.45) is 5.92 Å². The SMILES string of the molecule is C1=CC=CC2=C(C=1)C1CC=CC=C1O2. The summed E-state index contributed by atoms with van der Waals surface area (Å²) in [4.78, 5) is 0. The highest BCUT2D eigenvalue weighted by Gasteiger charge is 2.29. The topological polar surface area (TPSA) is 9.23 Å². The van der Waals surface area contributed by atoms with Crippen LogP contribution in [0.3, 0.4) is 0 Å². The van der Waals surface area contributed by atoms with Gasteiger partial charge in [0.05, 0.1) is 0 Å². The first-order valence-corrected chi connectivity index (χ1v) is 4.83. The smallest absolute Gasteiger partial charge is 0.131 e. The molecule has 2 aliphatic carbocycles. The van der Waals surface area contributed by atoms with Crippen molar-refractivity contribution in [3.05, 3.63) is 65.4 Å². The molecule has 0 saturated carbocycles. The Kier molecular flexibility index (Phi) is 1.59. The molecule has 0 fully saturated rings. The summed E-state index contributed by atoms with van der Waals surface area (Å²) in [5.74, 6) is 2.46. The normalized spacial score (nSPS) is 26.9. The molecule has 0 bridgehead atoms. The molecule has 0 aromatic heterocycles. The Morgan fingerprint density at radius 1 is 1.36 bits per heavy atom. The van der Waals surface area contributed by atoms with Crippen molar-refractivity contribution in [2.45, 2.75) is 6.42 Å². The van der Waals surface area contributed by atoms with Crippen molar-refractivity contribution in [1.29, 1.82) is 0 Å². The van der Waals surface area contributed by atoms with Crippen molar-refractivity contribution in [3.8, 4) is 0 Å². The fourth-order valence-corrected chi connectivity index (χ4v) is 1.98. The minimum absolute atomic E-state index is 0.415. The third-order valence-corrected chi connectivity index (χ3v) is 2.68. The quantitative estimate of drug-likeness (QED) is 0.523. The summed E-state index contributed by atoms with van der Waals surface area (Å²) < 4.78 is 5.76. The van der Waals surface area contributed by atoms with Gasteiger partial charge in [0.25, 0.3) is 0 Å². The fourth-order valence-electron chi connectivity index (χ4n) is 1.98. The van der Waals surface area contributed by atoms with E-state index in [0.29, 0.717) is 5.92 Å². The molecule has 0 amide bonds. The average molecular weight is 182 g/mol.